The number of nitrogens with one attached hydrogen (secondary N) is 1. The first-order valence-corrected chi connectivity index (χ1v) is 10.5. The van der Waals surface area contributed by atoms with E-state index < -0.39 is 10.0 Å². The molecule has 126 valence electrons. The van der Waals surface area contributed by atoms with E-state index in [9.17, 15) is 13.2 Å². The highest BCUT2D eigenvalue weighted by Crippen LogP contribution is 2.37. The molecule has 1 amide bonds. The van der Waals surface area contributed by atoms with Gasteiger partial charge in [-0.25, -0.2) is 8.42 Å². The Labute approximate surface area is 145 Å². The highest BCUT2D eigenvalue weighted by atomic mass is 79.9. The fraction of sp³-hybridized carbons (Fsp3) is 0.562. The van der Waals surface area contributed by atoms with Gasteiger partial charge in [0.25, 0.3) is 0 Å². The standard InChI is InChI=1S/C16H21BrN2O3S/c1-23(21,22)19-14-6-7-15(19)10-13(9-14)18-16(20)8-11-2-4-12(17)5-3-11/h2-5,13-15H,6-10H2,1H3,(H,18,20). The molecule has 0 aliphatic carbocycles. The lowest BCUT2D eigenvalue weighted by atomic mass is 9.99. The van der Waals surface area contributed by atoms with E-state index >= 15 is 0 Å². The number of hydrogen-bond donors (Lipinski definition) is 1. The Balaban J connectivity index is 1.58. The molecule has 1 aromatic carbocycles. The van der Waals surface area contributed by atoms with Gasteiger partial charge in [0, 0.05) is 22.6 Å². The monoisotopic (exact) mass is 400 g/mol. The van der Waals surface area contributed by atoms with Crippen molar-refractivity contribution in [2.24, 2.45) is 0 Å². The molecule has 3 rings (SSSR count). The van der Waals surface area contributed by atoms with Crippen molar-refractivity contribution in [3.8, 4) is 0 Å². The molecule has 1 N–H and O–H groups in total. The Bertz CT molecular complexity index is 676. The van der Waals surface area contributed by atoms with Crippen LogP contribution in [0.3, 0.4) is 0 Å². The zero-order valence-electron chi connectivity index (χ0n) is 13.0. The lowest BCUT2D eigenvalue weighted by Gasteiger charge is -2.37. The second-order valence-corrected chi connectivity index (χ2v) is 9.32. The van der Waals surface area contributed by atoms with E-state index in [1.54, 1.807) is 4.31 Å². The first kappa shape index (κ1) is 16.9. The van der Waals surface area contributed by atoms with Crippen molar-refractivity contribution in [3.05, 3.63) is 34.3 Å². The Morgan fingerprint density at radius 3 is 2.30 bits per heavy atom. The molecular formula is C16H21BrN2O3S. The summed E-state index contributed by atoms with van der Waals surface area (Å²) in [5.74, 6) is 0.00419. The minimum absolute atomic E-state index is 0.00419. The van der Waals surface area contributed by atoms with Gasteiger partial charge in [-0.15, -0.1) is 0 Å². The third-order valence-corrected chi connectivity index (χ3v) is 6.58. The van der Waals surface area contributed by atoms with Crippen LogP contribution in [0.4, 0.5) is 0 Å². The first-order chi connectivity index (χ1) is 10.8. The quantitative estimate of drug-likeness (QED) is 0.840. The van der Waals surface area contributed by atoms with Gasteiger partial charge in [-0.05, 0) is 43.4 Å². The van der Waals surface area contributed by atoms with Crippen LogP contribution in [-0.2, 0) is 21.2 Å². The van der Waals surface area contributed by atoms with Crippen molar-refractivity contribution in [2.75, 3.05) is 6.26 Å². The van der Waals surface area contributed by atoms with E-state index in [4.69, 9.17) is 0 Å². The maximum Gasteiger partial charge on any atom is 0.224 e. The van der Waals surface area contributed by atoms with E-state index in [0.29, 0.717) is 6.42 Å². The topological polar surface area (TPSA) is 66.5 Å². The zero-order chi connectivity index (χ0) is 16.6. The maximum atomic E-state index is 12.2. The van der Waals surface area contributed by atoms with Crippen molar-refractivity contribution >= 4 is 31.9 Å². The third-order valence-electron chi connectivity index (χ3n) is 4.69. The van der Waals surface area contributed by atoms with E-state index in [2.05, 4.69) is 21.2 Å². The van der Waals surface area contributed by atoms with Crippen molar-refractivity contribution in [1.82, 2.24) is 9.62 Å². The average Bonchev–Trinajstić information content (AvgIpc) is 2.74. The predicted molar refractivity (Wildman–Crippen MR) is 92.5 cm³/mol. The zero-order valence-corrected chi connectivity index (χ0v) is 15.4. The van der Waals surface area contributed by atoms with E-state index in [0.717, 1.165) is 35.7 Å². The molecule has 7 heteroatoms. The molecule has 2 aliphatic rings. The molecule has 5 nitrogen and oxygen atoms in total. The van der Waals surface area contributed by atoms with Crippen molar-refractivity contribution < 1.29 is 13.2 Å². The molecule has 2 heterocycles. The molecule has 2 fully saturated rings. The highest BCUT2D eigenvalue weighted by molar-refractivity contribution is 9.10. The molecule has 2 bridgehead atoms. The fourth-order valence-corrected chi connectivity index (χ4v) is 5.59. The number of amides is 1. The van der Waals surface area contributed by atoms with Crippen molar-refractivity contribution in [2.45, 2.75) is 50.2 Å². The summed E-state index contributed by atoms with van der Waals surface area (Å²) in [6, 6.07) is 7.87. The maximum absolute atomic E-state index is 12.2. The van der Waals surface area contributed by atoms with Crippen LogP contribution in [0.15, 0.2) is 28.7 Å². The molecule has 0 aromatic heterocycles. The number of rotatable bonds is 4. The number of carbonyl (C=O) groups excluding carboxylic acids is 1. The van der Waals surface area contributed by atoms with Crippen LogP contribution in [-0.4, -0.2) is 43.0 Å². The van der Waals surface area contributed by atoms with E-state index in [1.807, 2.05) is 24.3 Å². The number of piperidine rings is 1. The van der Waals surface area contributed by atoms with Crippen LogP contribution in [0.1, 0.15) is 31.2 Å². The normalized spacial score (nSPS) is 27.8. The van der Waals surface area contributed by atoms with Gasteiger partial charge >= 0.3 is 0 Å². The van der Waals surface area contributed by atoms with Gasteiger partial charge in [0.1, 0.15) is 0 Å². The molecule has 2 unspecified atom stereocenters. The molecule has 23 heavy (non-hydrogen) atoms. The van der Waals surface area contributed by atoms with Gasteiger partial charge < -0.3 is 5.32 Å². The SMILES string of the molecule is CS(=O)(=O)N1C2CCC1CC(NC(=O)Cc1ccc(Br)cc1)C2. The molecule has 1 aromatic rings. The highest BCUT2D eigenvalue weighted by Gasteiger charge is 2.45. The molecular weight excluding hydrogens is 380 g/mol. The van der Waals surface area contributed by atoms with Crippen molar-refractivity contribution in [1.29, 1.82) is 0 Å². The van der Waals surface area contributed by atoms with E-state index in [-0.39, 0.29) is 24.0 Å². The first-order valence-electron chi connectivity index (χ1n) is 7.85. The predicted octanol–water partition coefficient (Wildman–Crippen LogP) is 2.06. The Kier molecular flexibility index (Phi) is 4.80. The fourth-order valence-electron chi connectivity index (χ4n) is 3.86. The second-order valence-electron chi connectivity index (χ2n) is 6.52. The van der Waals surface area contributed by atoms with Crippen molar-refractivity contribution in [3.63, 3.8) is 0 Å². The van der Waals surface area contributed by atoms with Gasteiger partial charge in [0.05, 0.1) is 12.7 Å². The minimum atomic E-state index is -3.15. The van der Waals surface area contributed by atoms with Crippen LogP contribution in [0.25, 0.3) is 0 Å². The Hall–Kier alpha value is -0.920. The summed E-state index contributed by atoms with van der Waals surface area (Å²) in [4.78, 5) is 12.2. The van der Waals surface area contributed by atoms with E-state index in [1.165, 1.54) is 6.26 Å². The average molecular weight is 401 g/mol. The molecule has 0 radical (unpaired) electrons. The summed E-state index contributed by atoms with van der Waals surface area (Å²) in [5, 5.41) is 3.08. The van der Waals surface area contributed by atoms with Crippen LogP contribution in [0.5, 0.6) is 0 Å². The van der Waals surface area contributed by atoms with Crippen LogP contribution >= 0.6 is 15.9 Å². The number of carbonyl (C=O) groups is 1. The Morgan fingerprint density at radius 1 is 1.22 bits per heavy atom. The lowest BCUT2D eigenvalue weighted by Crippen LogP contribution is -2.52. The second kappa shape index (κ2) is 6.53. The molecule has 0 saturated carbocycles. The van der Waals surface area contributed by atoms with Crippen LogP contribution in [0, 0.1) is 0 Å². The number of hydrogen-bond acceptors (Lipinski definition) is 3. The third kappa shape index (κ3) is 3.95. The largest absolute Gasteiger partial charge is 0.353 e. The number of nitrogens with zero attached hydrogens (tertiary/aromatic N) is 1. The van der Waals surface area contributed by atoms with Crippen LogP contribution < -0.4 is 5.32 Å². The summed E-state index contributed by atoms with van der Waals surface area (Å²) in [6.45, 7) is 0. The van der Waals surface area contributed by atoms with Crippen LogP contribution in [0.2, 0.25) is 0 Å². The van der Waals surface area contributed by atoms with Gasteiger partial charge in [-0.1, -0.05) is 28.1 Å². The lowest BCUT2D eigenvalue weighted by molar-refractivity contribution is -0.121. The number of halogens is 1. The number of benzene rings is 1. The smallest absolute Gasteiger partial charge is 0.224 e. The minimum Gasteiger partial charge on any atom is -0.353 e. The molecule has 0 spiro atoms. The van der Waals surface area contributed by atoms with Gasteiger partial charge in [-0.3, -0.25) is 4.79 Å². The summed E-state index contributed by atoms with van der Waals surface area (Å²) in [6.07, 6.45) is 4.87. The summed E-state index contributed by atoms with van der Waals surface area (Å²) >= 11 is 3.38. The number of fused-ring (bicyclic) bond motifs is 2. The molecule has 2 aliphatic heterocycles. The summed E-state index contributed by atoms with van der Waals surface area (Å²) in [5.41, 5.74) is 0.974. The summed E-state index contributed by atoms with van der Waals surface area (Å²) < 4.78 is 26.4. The van der Waals surface area contributed by atoms with Gasteiger partial charge in [0.2, 0.25) is 15.9 Å². The molecule has 2 saturated heterocycles. The summed E-state index contributed by atoms with van der Waals surface area (Å²) in [7, 11) is -3.15. The number of sulfonamides is 1. The molecule has 2 atom stereocenters. The van der Waals surface area contributed by atoms with Gasteiger partial charge in [0.15, 0.2) is 0 Å². The van der Waals surface area contributed by atoms with Gasteiger partial charge in [-0.2, -0.15) is 4.31 Å². The Morgan fingerprint density at radius 2 is 1.78 bits per heavy atom.